The van der Waals surface area contributed by atoms with Crippen LogP contribution in [-0.2, 0) is 6.18 Å². The Bertz CT molecular complexity index is 936. The Morgan fingerprint density at radius 1 is 1.19 bits per heavy atom. The largest absolute Gasteiger partial charge is 0.453 e. The first-order valence-corrected chi connectivity index (χ1v) is 8.18. The van der Waals surface area contributed by atoms with Crippen LogP contribution in [0.5, 0.6) is 0 Å². The number of aromatic amines is 1. The minimum absolute atomic E-state index is 0.0456. The van der Waals surface area contributed by atoms with Crippen LogP contribution in [0.4, 0.5) is 24.8 Å². The molecule has 8 nitrogen and oxygen atoms in total. The number of aromatic nitrogens is 6. The third kappa shape index (κ3) is 2.93. The van der Waals surface area contributed by atoms with Crippen molar-refractivity contribution in [1.82, 2.24) is 29.8 Å². The van der Waals surface area contributed by atoms with Crippen LogP contribution >= 0.6 is 0 Å². The lowest BCUT2D eigenvalue weighted by atomic mass is 9.93. The van der Waals surface area contributed by atoms with Crippen LogP contribution < -0.4 is 10.6 Å². The maximum absolute atomic E-state index is 12.9. The molecule has 0 bridgehead atoms. The van der Waals surface area contributed by atoms with Crippen LogP contribution in [0.2, 0.25) is 0 Å². The molecule has 138 valence electrons. The average Bonchev–Trinajstić information content (AvgIpc) is 3.20. The molecule has 0 amide bonds. The number of nitrogen functional groups attached to an aromatic ring is 1. The Balaban J connectivity index is 1.62. The number of aryl methyl sites for hydroxylation is 1. The predicted octanol–water partition coefficient (Wildman–Crippen LogP) is 2.14. The fourth-order valence-corrected chi connectivity index (χ4v) is 3.29. The molecule has 1 saturated heterocycles. The summed E-state index contributed by atoms with van der Waals surface area (Å²) in [4.78, 5) is 9.60. The standard InChI is InChI=1S/C15H17F3N8/c1-8-6-12(26-14(20-8)21-13(24-26)15(16,17)18)25-4-2-9(3-5-25)10-7-11(19)23-22-10/h6-7,9H,2-5H2,1H3,(H3,19,22,23). The number of anilines is 2. The minimum atomic E-state index is -4.60. The Labute approximate surface area is 146 Å². The molecule has 1 fully saturated rings. The molecule has 0 aromatic carbocycles. The van der Waals surface area contributed by atoms with E-state index in [4.69, 9.17) is 5.73 Å². The lowest BCUT2D eigenvalue weighted by molar-refractivity contribution is -0.144. The van der Waals surface area contributed by atoms with E-state index >= 15 is 0 Å². The Kier molecular flexibility index (Phi) is 3.74. The summed E-state index contributed by atoms with van der Waals surface area (Å²) in [6.07, 6.45) is -2.96. The highest BCUT2D eigenvalue weighted by atomic mass is 19.4. The van der Waals surface area contributed by atoms with E-state index in [1.54, 1.807) is 13.0 Å². The SMILES string of the molecule is Cc1cc(N2CCC(c3cc(N)n[nH]3)CC2)n2nc(C(F)(F)F)nc2n1. The lowest BCUT2D eigenvalue weighted by Gasteiger charge is -2.33. The van der Waals surface area contributed by atoms with E-state index in [1.807, 2.05) is 11.0 Å². The molecule has 11 heteroatoms. The smallest absolute Gasteiger partial charge is 0.382 e. The highest BCUT2D eigenvalue weighted by Gasteiger charge is 2.37. The van der Waals surface area contributed by atoms with Crippen molar-refractivity contribution in [1.29, 1.82) is 0 Å². The van der Waals surface area contributed by atoms with Crippen molar-refractivity contribution in [3.05, 3.63) is 29.3 Å². The highest BCUT2D eigenvalue weighted by Crippen LogP contribution is 2.31. The van der Waals surface area contributed by atoms with Gasteiger partial charge in [0, 0.05) is 42.5 Å². The third-order valence-corrected chi connectivity index (χ3v) is 4.55. The van der Waals surface area contributed by atoms with Crippen LogP contribution in [-0.4, -0.2) is 42.9 Å². The molecule has 3 aromatic heterocycles. The minimum Gasteiger partial charge on any atom is -0.382 e. The second-order valence-electron chi connectivity index (χ2n) is 6.41. The molecule has 26 heavy (non-hydrogen) atoms. The van der Waals surface area contributed by atoms with E-state index in [9.17, 15) is 13.2 Å². The highest BCUT2D eigenvalue weighted by molar-refractivity contribution is 5.48. The normalized spacial score (nSPS) is 16.5. The molecule has 0 radical (unpaired) electrons. The zero-order valence-electron chi connectivity index (χ0n) is 14.0. The number of piperidine rings is 1. The zero-order chi connectivity index (χ0) is 18.5. The van der Waals surface area contributed by atoms with Crippen molar-refractivity contribution in [3.63, 3.8) is 0 Å². The first-order valence-electron chi connectivity index (χ1n) is 8.18. The lowest BCUT2D eigenvalue weighted by Crippen LogP contribution is -2.34. The monoisotopic (exact) mass is 366 g/mol. The van der Waals surface area contributed by atoms with Crippen molar-refractivity contribution in [2.24, 2.45) is 0 Å². The van der Waals surface area contributed by atoms with Crippen LogP contribution in [0.1, 0.15) is 36.0 Å². The summed E-state index contributed by atoms with van der Waals surface area (Å²) in [7, 11) is 0. The van der Waals surface area contributed by atoms with Crippen molar-refractivity contribution in [2.75, 3.05) is 23.7 Å². The van der Waals surface area contributed by atoms with Gasteiger partial charge < -0.3 is 10.6 Å². The van der Waals surface area contributed by atoms with Gasteiger partial charge in [-0.1, -0.05) is 0 Å². The van der Waals surface area contributed by atoms with Gasteiger partial charge in [-0.25, -0.2) is 4.98 Å². The van der Waals surface area contributed by atoms with Crippen molar-refractivity contribution >= 4 is 17.4 Å². The number of nitrogens with two attached hydrogens (primary N) is 1. The zero-order valence-corrected chi connectivity index (χ0v) is 14.0. The topological polar surface area (TPSA) is 101 Å². The predicted molar refractivity (Wildman–Crippen MR) is 87.7 cm³/mol. The molecule has 1 aliphatic rings. The average molecular weight is 366 g/mol. The van der Waals surface area contributed by atoms with E-state index in [0.717, 1.165) is 18.5 Å². The van der Waals surface area contributed by atoms with Crippen molar-refractivity contribution in [2.45, 2.75) is 31.9 Å². The molecule has 0 spiro atoms. The molecular weight excluding hydrogens is 349 g/mol. The number of halogens is 3. The third-order valence-electron chi connectivity index (χ3n) is 4.55. The Hall–Kier alpha value is -2.85. The molecular formula is C15H17F3N8. The second-order valence-corrected chi connectivity index (χ2v) is 6.41. The van der Waals surface area contributed by atoms with Gasteiger partial charge in [-0.15, -0.1) is 5.10 Å². The van der Waals surface area contributed by atoms with E-state index in [-0.39, 0.29) is 11.7 Å². The summed E-state index contributed by atoms with van der Waals surface area (Å²) < 4.78 is 40.0. The van der Waals surface area contributed by atoms with Gasteiger partial charge in [-0.2, -0.15) is 27.8 Å². The van der Waals surface area contributed by atoms with Crippen LogP contribution in [0.3, 0.4) is 0 Å². The number of H-pyrrole nitrogens is 1. The van der Waals surface area contributed by atoms with Gasteiger partial charge in [0.15, 0.2) is 0 Å². The summed E-state index contributed by atoms with van der Waals surface area (Å²) in [5, 5.41) is 10.5. The first-order chi connectivity index (χ1) is 12.3. The van der Waals surface area contributed by atoms with Gasteiger partial charge in [-0.3, -0.25) is 5.10 Å². The van der Waals surface area contributed by atoms with E-state index in [0.29, 0.717) is 30.4 Å². The summed E-state index contributed by atoms with van der Waals surface area (Å²) in [5.74, 6) is 0.0840. The fourth-order valence-electron chi connectivity index (χ4n) is 3.29. The molecule has 3 N–H and O–H groups in total. The molecule has 0 unspecified atom stereocenters. The molecule has 4 heterocycles. The van der Waals surface area contributed by atoms with E-state index in [1.165, 1.54) is 4.52 Å². The van der Waals surface area contributed by atoms with Gasteiger partial charge in [-0.05, 0) is 19.8 Å². The van der Waals surface area contributed by atoms with Gasteiger partial charge in [0.05, 0.1) is 0 Å². The quantitative estimate of drug-likeness (QED) is 0.721. The molecule has 4 rings (SSSR count). The van der Waals surface area contributed by atoms with Crippen LogP contribution in [0.25, 0.3) is 5.78 Å². The second kappa shape index (κ2) is 5.85. The van der Waals surface area contributed by atoms with E-state index < -0.39 is 12.0 Å². The maximum atomic E-state index is 12.9. The van der Waals surface area contributed by atoms with Gasteiger partial charge >= 0.3 is 6.18 Å². The summed E-state index contributed by atoms with van der Waals surface area (Å²) in [6.45, 7) is 3.07. The number of hydrogen-bond donors (Lipinski definition) is 2. The number of rotatable bonds is 2. The fraction of sp³-hybridized carbons (Fsp3) is 0.467. The van der Waals surface area contributed by atoms with Gasteiger partial charge in [0.1, 0.15) is 11.6 Å². The Morgan fingerprint density at radius 3 is 2.54 bits per heavy atom. The summed E-state index contributed by atoms with van der Waals surface area (Å²) >= 11 is 0. The first kappa shape index (κ1) is 16.6. The Morgan fingerprint density at radius 2 is 1.92 bits per heavy atom. The van der Waals surface area contributed by atoms with Gasteiger partial charge in [0.2, 0.25) is 0 Å². The van der Waals surface area contributed by atoms with E-state index in [2.05, 4.69) is 25.3 Å². The number of nitrogens with zero attached hydrogens (tertiary/aromatic N) is 6. The maximum Gasteiger partial charge on any atom is 0.453 e. The number of fused-ring (bicyclic) bond motifs is 1. The number of hydrogen-bond acceptors (Lipinski definition) is 6. The van der Waals surface area contributed by atoms with Crippen LogP contribution in [0, 0.1) is 6.92 Å². The molecule has 0 aliphatic carbocycles. The molecule has 0 saturated carbocycles. The van der Waals surface area contributed by atoms with Gasteiger partial charge in [0.25, 0.3) is 11.6 Å². The molecule has 3 aromatic rings. The number of nitrogens with one attached hydrogen (secondary N) is 1. The molecule has 0 atom stereocenters. The molecule has 1 aliphatic heterocycles. The van der Waals surface area contributed by atoms with Crippen molar-refractivity contribution < 1.29 is 13.2 Å². The summed E-state index contributed by atoms with van der Waals surface area (Å²) in [6, 6.07) is 3.55. The number of alkyl halides is 3. The summed E-state index contributed by atoms with van der Waals surface area (Å²) in [5.41, 5.74) is 7.23. The van der Waals surface area contributed by atoms with Crippen LogP contribution in [0.15, 0.2) is 12.1 Å². The van der Waals surface area contributed by atoms with Crippen molar-refractivity contribution in [3.8, 4) is 0 Å².